The number of rotatable bonds is 11. The minimum absolute atomic E-state index is 0.0128. The summed E-state index contributed by atoms with van der Waals surface area (Å²) in [4.78, 5) is 29.4. The van der Waals surface area contributed by atoms with Gasteiger partial charge in [-0.2, -0.15) is 0 Å². The molecule has 1 aromatic heterocycles. The third-order valence-corrected chi connectivity index (χ3v) is 30.6. The standard InChI is InChI=1S/C77H87NO12S6/c1-39(2)25-47-31-52(56-37-94-95-63-32-46-28-40-9-6-11-42(26-40)55(58(81)18-23-80)36-92-93-38-57(46)78-69(63)45-12-7-10-41(27-45)29-51(56)70(47)84)74-73(87)72(86)68-62(90-74)35-60(83)66-53-33-50-48(17-22-79)43(16-21-77(88)19-4-3-5-20-77)30-44-14-15-49-67(64(44)50)65(53)54-34-61(89-75(66)68)59(82)13-8-24-91-96-76(49)71(54)85/h6-7,9-12,14-15,26-27,31,33,35,39,43,46,48,54-55,57,59,61,63,69,71,76,78-80,82-85,87-88H,3-5,8,13,16-25,28-30,32,34,36-38H2,1-2H3. The van der Waals surface area contributed by atoms with E-state index >= 15 is 4.79 Å². The first-order valence-corrected chi connectivity index (χ1v) is 42.1. The van der Waals surface area contributed by atoms with Crippen LogP contribution in [0.1, 0.15) is 188 Å². The Morgan fingerprint density at radius 1 is 0.771 bits per heavy atom. The highest BCUT2D eigenvalue weighted by Crippen LogP contribution is 2.62. The van der Waals surface area contributed by atoms with Crippen molar-refractivity contribution in [1.82, 2.24) is 5.32 Å². The molecule has 6 aromatic carbocycles. The number of ketones is 1. The van der Waals surface area contributed by atoms with E-state index in [4.69, 9.17) is 9.15 Å². The minimum atomic E-state index is -1.03. The zero-order valence-electron chi connectivity index (χ0n) is 54.4. The molecular formula is C77H87NO12S6. The molecule has 3 aliphatic carbocycles. The van der Waals surface area contributed by atoms with Gasteiger partial charge in [-0.1, -0.05) is 159 Å². The number of piperidine rings is 1. The van der Waals surface area contributed by atoms with Gasteiger partial charge in [0.25, 0.3) is 0 Å². The predicted octanol–water partition coefficient (Wildman–Crippen LogP) is 15.4. The molecule has 13 nitrogen and oxygen atoms in total. The molecule has 3 fully saturated rings. The quantitative estimate of drug-likeness (QED) is 0.0548. The number of phenols is 2. The van der Waals surface area contributed by atoms with Crippen molar-refractivity contribution in [2.24, 2.45) is 17.8 Å². The molecule has 6 heterocycles. The van der Waals surface area contributed by atoms with Crippen molar-refractivity contribution in [3.63, 3.8) is 0 Å². The number of nitrogens with one attached hydrogen (secondary N) is 1. The van der Waals surface area contributed by atoms with Gasteiger partial charge in [0, 0.05) is 89.5 Å². The summed E-state index contributed by atoms with van der Waals surface area (Å²) < 4.78 is 14.2. The molecule has 12 unspecified atom stereocenters. The number of aliphatic hydroxyl groups is 5. The molecule has 9 N–H and O–H groups in total. The molecule has 0 amide bonds. The van der Waals surface area contributed by atoms with Gasteiger partial charge in [0.05, 0.1) is 34.5 Å². The number of fused-ring (bicyclic) bond motifs is 15. The monoisotopic (exact) mass is 1410 g/mol. The summed E-state index contributed by atoms with van der Waals surface area (Å²) in [5.41, 5.74) is 10.0. The van der Waals surface area contributed by atoms with Crippen LogP contribution in [0.2, 0.25) is 0 Å². The van der Waals surface area contributed by atoms with E-state index in [1.807, 2.05) is 12.1 Å². The molecule has 96 heavy (non-hydrogen) atoms. The zero-order chi connectivity index (χ0) is 66.3. The summed E-state index contributed by atoms with van der Waals surface area (Å²) in [7, 11) is 10.4. The third kappa shape index (κ3) is 12.6. The highest BCUT2D eigenvalue weighted by Gasteiger charge is 2.48. The van der Waals surface area contributed by atoms with Crippen LogP contribution in [0, 0.1) is 17.8 Å². The summed E-state index contributed by atoms with van der Waals surface area (Å²) in [6.45, 7) is 3.95. The number of phenolic OH excluding ortho intramolecular Hbond substituents is 2. The van der Waals surface area contributed by atoms with Crippen LogP contribution in [0.4, 0.5) is 0 Å². The molecule has 2 saturated heterocycles. The van der Waals surface area contributed by atoms with Crippen molar-refractivity contribution in [1.29, 1.82) is 0 Å². The lowest BCUT2D eigenvalue weighted by Gasteiger charge is -2.44. The average molecular weight is 1410 g/mol. The van der Waals surface area contributed by atoms with Crippen molar-refractivity contribution in [2.75, 3.05) is 30.5 Å². The van der Waals surface area contributed by atoms with E-state index in [0.29, 0.717) is 83.6 Å². The number of aliphatic hydroxyl groups excluding tert-OH is 4. The number of hydrogen-bond acceptors (Lipinski definition) is 19. The van der Waals surface area contributed by atoms with Gasteiger partial charge in [-0.3, -0.25) is 9.59 Å². The highest BCUT2D eigenvalue weighted by atomic mass is 33.1. The summed E-state index contributed by atoms with van der Waals surface area (Å²) in [6.07, 6.45) is 8.37. The number of aromatic hydroxyl groups is 3. The normalized spacial score (nSPS) is 27.8. The lowest BCUT2D eigenvalue weighted by Crippen LogP contribution is -2.50. The van der Waals surface area contributed by atoms with E-state index in [1.54, 1.807) is 64.8 Å². The smallest absolute Gasteiger partial charge is 0.238 e. The van der Waals surface area contributed by atoms with Gasteiger partial charge in [-0.05, 0) is 185 Å². The van der Waals surface area contributed by atoms with Crippen LogP contribution in [0.25, 0.3) is 44.2 Å². The molecule has 0 spiro atoms. The summed E-state index contributed by atoms with van der Waals surface area (Å²) in [6, 6.07) is 27.1. The molecule has 0 radical (unpaired) electrons. The number of ether oxygens (including phenoxy) is 1. The predicted molar refractivity (Wildman–Crippen MR) is 393 cm³/mol. The molecule has 8 aliphatic rings. The molecule has 7 aromatic rings. The Kier molecular flexibility index (Phi) is 19.8. The third-order valence-electron chi connectivity index (χ3n) is 22.6. The maximum Gasteiger partial charge on any atom is 0.238 e. The number of Topliss-reactive ketones (excluding diaryl/α,β-unsaturated/α-hetero) is 1. The maximum atomic E-state index is 16.0. The molecule has 15 rings (SSSR count). The number of hydrogen-bond donors (Lipinski definition) is 9. The van der Waals surface area contributed by atoms with Gasteiger partial charge in [0.1, 0.15) is 40.1 Å². The summed E-state index contributed by atoms with van der Waals surface area (Å²) in [5, 5.41) is 103. The largest absolute Gasteiger partial charge is 0.507 e. The Morgan fingerprint density at radius 2 is 1.57 bits per heavy atom. The fourth-order valence-electron chi connectivity index (χ4n) is 17.9. The van der Waals surface area contributed by atoms with E-state index in [2.05, 4.69) is 79.8 Å². The first-order chi connectivity index (χ1) is 46.6. The number of carbonyl (C=O) groups is 1. The van der Waals surface area contributed by atoms with E-state index in [1.165, 1.54) is 17.2 Å². The Bertz CT molecular complexity index is 4190. The van der Waals surface area contributed by atoms with Gasteiger partial charge < -0.3 is 55.3 Å². The van der Waals surface area contributed by atoms with Crippen LogP contribution in [-0.4, -0.2) is 112 Å². The molecule has 1 saturated carbocycles. The van der Waals surface area contributed by atoms with Gasteiger partial charge in [-0.15, -0.1) is 0 Å². The molecule has 508 valence electrons. The molecular weight excluding hydrogens is 1320 g/mol. The average Bonchev–Trinajstić information content (AvgIpc) is 0.725. The van der Waals surface area contributed by atoms with Crippen molar-refractivity contribution in [2.45, 2.75) is 193 Å². The second-order valence-corrected chi connectivity index (χ2v) is 36.9. The van der Waals surface area contributed by atoms with E-state index in [-0.39, 0.29) is 124 Å². The van der Waals surface area contributed by atoms with Crippen molar-refractivity contribution < 1.29 is 54.8 Å². The Balaban J connectivity index is 0.862. The number of carbonyl (C=O) groups excluding carboxylic acids is 1. The SMILES string of the molecule is CC(C)Cc1cc(-c2oc3cc(O)c4c(c3c(=O)c2O)OC2CC3c5c-4cc4c6c(ccc(c56)C(SSCCCC2O)C3O)CC(CCC2(O)CCCCC2)C4CCO)c2c(c1O)Cc1cccc(c1)C1NC3CSSCC(C(=O)CCO)c4cccc(c4)CC3CC1SSC2. The Hall–Kier alpha value is -4.48. The second-order valence-electron chi connectivity index (χ2n) is 29.1. The van der Waals surface area contributed by atoms with Gasteiger partial charge in [0.15, 0.2) is 5.76 Å². The molecule has 19 heteroatoms. The van der Waals surface area contributed by atoms with E-state index < -0.39 is 41.0 Å². The molecule has 5 aliphatic heterocycles. The van der Waals surface area contributed by atoms with Gasteiger partial charge >= 0.3 is 0 Å². The molecule has 12 atom stereocenters. The fourth-order valence-corrected chi connectivity index (χ4v) is 26.4. The van der Waals surface area contributed by atoms with Crippen LogP contribution in [-0.2, 0) is 36.2 Å². The van der Waals surface area contributed by atoms with Crippen molar-refractivity contribution >= 4 is 92.3 Å². The fraction of sp³-hybridized carbons (Fsp3) is 0.506. The van der Waals surface area contributed by atoms with Crippen LogP contribution in [0.5, 0.6) is 23.0 Å². The van der Waals surface area contributed by atoms with Crippen LogP contribution in [0.15, 0.2) is 88.1 Å². The molecule has 7 bridgehead atoms. The summed E-state index contributed by atoms with van der Waals surface area (Å²) in [5.74, 6) is 1.25. The Morgan fingerprint density at radius 3 is 2.39 bits per heavy atom. The van der Waals surface area contributed by atoms with Crippen LogP contribution in [0.3, 0.4) is 0 Å². The lowest BCUT2D eigenvalue weighted by atomic mass is 9.65. The topological polar surface area (TPSA) is 230 Å². The second kappa shape index (κ2) is 28.2. The first-order valence-electron chi connectivity index (χ1n) is 34.9. The first kappa shape index (κ1) is 67.3. The van der Waals surface area contributed by atoms with E-state index in [9.17, 15) is 45.6 Å². The minimum Gasteiger partial charge on any atom is -0.507 e. The van der Waals surface area contributed by atoms with Crippen LogP contribution >= 0.6 is 64.8 Å². The lowest BCUT2D eigenvalue weighted by molar-refractivity contribution is -0.120. The Labute approximate surface area is 585 Å². The van der Waals surface area contributed by atoms with Crippen molar-refractivity contribution in [3.8, 4) is 45.4 Å². The maximum absolute atomic E-state index is 16.0. The number of benzene rings is 6. The van der Waals surface area contributed by atoms with E-state index in [0.717, 1.165) is 108 Å². The van der Waals surface area contributed by atoms with Gasteiger partial charge in [0.2, 0.25) is 11.2 Å². The van der Waals surface area contributed by atoms with Crippen LogP contribution < -0.4 is 15.5 Å². The summed E-state index contributed by atoms with van der Waals surface area (Å²) >= 11 is 0. The highest BCUT2D eigenvalue weighted by molar-refractivity contribution is 8.77. The zero-order valence-corrected chi connectivity index (χ0v) is 59.3. The van der Waals surface area contributed by atoms with Crippen molar-refractivity contribution in [3.05, 3.63) is 150 Å². The van der Waals surface area contributed by atoms with Gasteiger partial charge in [-0.25, -0.2) is 0 Å².